The molecule has 3 nitrogen and oxygen atoms in total. The molecule has 0 saturated heterocycles. The van der Waals surface area contributed by atoms with Crippen LogP contribution in [-0.2, 0) is 7.05 Å². The van der Waals surface area contributed by atoms with E-state index in [2.05, 4.69) is 17.2 Å². The standard InChI is InChI=1S/C11H13N3/c1-14-11(12)9-4-2-3-8(7-5-6-7)10(9)13-14/h2-4,7H,5-6,12H2,1H3. The van der Waals surface area contributed by atoms with Crippen molar-refractivity contribution in [3.8, 4) is 0 Å². The van der Waals surface area contributed by atoms with Crippen molar-refractivity contribution in [2.75, 3.05) is 5.73 Å². The number of fused-ring (bicyclic) bond motifs is 1. The third-order valence-corrected chi connectivity index (χ3v) is 2.96. The molecule has 3 heteroatoms. The quantitative estimate of drug-likeness (QED) is 0.742. The van der Waals surface area contributed by atoms with Gasteiger partial charge in [-0.05, 0) is 30.4 Å². The molecule has 0 aliphatic heterocycles. The van der Waals surface area contributed by atoms with E-state index in [9.17, 15) is 0 Å². The Morgan fingerprint density at radius 1 is 1.43 bits per heavy atom. The lowest BCUT2D eigenvalue weighted by molar-refractivity contribution is 0.789. The van der Waals surface area contributed by atoms with Gasteiger partial charge in [-0.25, -0.2) is 0 Å². The van der Waals surface area contributed by atoms with Gasteiger partial charge in [0.05, 0.1) is 5.52 Å². The maximum absolute atomic E-state index is 5.93. The fourth-order valence-corrected chi connectivity index (χ4v) is 1.98. The van der Waals surface area contributed by atoms with E-state index in [0.717, 1.165) is 22.6 Å². The van der Waals surface area contributed by atoms with Gasteiger partial charge in [0, 0.05) is 12.4 Å². The van der Waals surface area contributed by atoms with Crippen LogP contribution in [-0.4, -0.2) is 9.78 Å². The second kappa shape index (κ2) is 2.50. The molecule has 0 amide bonds. The number of rotatable bonds is 1. The van der Waals surface area contributed by atoms with Crippen molar-refractivity contribution in [2.45, 2.75) is 18.8 Å². The summed E-state index contributed by atoms with van der Waals surface area (Å²) in [7, 11) is 1.89. The lowest BCUT2D eigenvalue weighted by Crippen LogP contribution is -1.96. The van der Waals surface area contributed by atoms with E-state index in [0.29, 0.717) is 0 Å². The summed E-state index contributed by atoms with van der Waals surface area (Å²) >= 11 is 0. The molecular weight excluding hydrogens is 174 g/mol. The van der Waals surface area contributed by atoms with E-state index in [4.69, 9.17) is 5.73 Å². The second-order valence-electron chi connectivity index (χ2n) is 4.03. The van der Waals surface area contributed by atoms with E-state index in [-0.39, 0.29) is 0 Å². The average molecular weight is 187 g/mol. The molecule has 1 aliphatic rings. The number of hydrogen-bond acceptors (Lipinski definition) is 2. The molecule has 14 heavy (non-hydrogen) atoms. The number of aryl methyl sites for hydroxylation is 1. The predicted molar refractivity (Wildman–Crippen MR) is 57.1 cm³/mol. The number of nitrogen functional groups attached to an aromatic ring is 1. The smallest absolute Gasteiger partial charge is 0.129 e. The summed E-state index contributed by atoms with van der Waals surface area (Å²) < 4.78 is 1.76. The van der Waals surface area contributed by atoms with Gasteiger partial charge in [0.15, 0.2) is 0 Å². The van der Waals surface area contributed by atoms with Gasteiger partial charge < -0.3 is 5.73 Å². The molecule has 1 aromatic carbocycles. The highest BCUT2D eigenvalue weighted by Gasteiger charge is 2.26. The first kappa shape index (κ1) is 7.85. The van der Waals surface area contributed by atoms with Crippen molar-refractivity contribution in [3.63, 3.8) is 0 Å². The number of anilines is 1. The first-order valence-corrected chi connectivity index (χ1v) is 4.98. The molecule has 3 rings (SSSR count). The number of aromatic nitrogens is 2. The number of hydrogen-bond donors (Lipinski definition) is 1. The highest BCUT2D eigenvalue weighted by Crippen LogP contribution is 2.43. The molecule has 1 heterocycles. The summed E-state index contributed by atoms with van der Waals surface area (Å²) in [5.74, 6) is 1.50. The van der Waals surface area contributed by atoms with Crippen molar-refractivity contribution in [2.24, 2.45) is 7.05 Å². The van der Waals surface area contributed by atoms with Crippen LogP contribution < -0.4 is 5.73 Å². The number of nitrogens with zero attached hydrogens (tertiary/aromatic N) is 2. The van der Waals surface area contributed by atoms with E-state index in [1.807, 2.05) is 13.1 Å². The van der Waals surface area contributed by atoms with Gasteiger partial charge >= 0.3 is 0 Å². The normalized spacial score (nSPS) is 16.4. The van der Waals surface area contributed by atoms with Crippen LogP contribution in [0.25, 0.3) is 10.9 Å². The zero-order valence-electron chi connectivity index (χ0n) is 8.20. The molecule has 1 aliphatic carbocycles. The Hall–Kier alpha value is -1.51. The highest BCUT2D eigenvalue weighted by molar-refractivity contribution is 5.91. The van der Waals surface area contributed by atoms with Crippen LogP contribution >= 0.6 is 0 Å². The van der Waals surface area contributed by atoms with E-state index >= 15 is 0 Å². The van der Waals surface area contributed by atoms with Crippen LogP contribution in [0.4, 0.5) is 5.82 Å². The topological polar surface area (TPSA) is 43.8 Å². The van der Waals surface area contributed by atoms with E-state index in [1.165, 1.54) is 18.4 Å². The van der Waals surface area contributed by atoms with Gasteiger partial charge in [0.1, 0.15) is 5.82 Å². The van der Waals surface area contributed by atoms with Crippen molar-refractivity contribution in [1.29, 1.82) is 0 Å². The Balaban J connectivity index is 2.35. The first-order chi connectivity index (χ1) is 6.77. The molecule has 1 fully saturated rings. The average Bonchev–Trinajstić information content (AvgIpc) is 2.96. The molecule has 72 valence electrons. The SMILES string of the molecule is Cn1nc2c(C3CC3)cccc2c1N. The van der Waals surface area contributed by atoms with Gasteiger partial charge in [-0.15, -0.1) is 0 Å². The molecule has 0 radical (unpaired) electrons. The Labute approximate surface area is 82.5 Å². The minimum atomic E-state index is 0.730. The third kappa shape index (κ3) is 0.953. The zero-order chi connectivity index (χ0) is 9.71. The predicted octanol–water partition coefficient (Wildman–Crippen LogP) is 2.03. The maximum Gasteiger partial charge on any atom is 0.129 e. The Morgan fingerprint density at radius 3 is 2.93 bits per heavy atom. The van der Waals surface area contributed by atoms with Crippen LogP contribution in [0.3, 0.4) is 0 Å². The van der Waals surface area contributed by atoms with Crippen LogP contribution in [0, 0.1) is 0 Å². The van der Waals surface area contributed by atoms with Gasteiger partial charge in [0.25, 0.3) is 0 Å². The van der Waals surface area contributed by atoms with E-state index < -0.39 is 0 Å². The highest BCUT2D eigenvalue weighted by atomic mass is 15.3. The molecule has 2 aromatic rings. The lowest BCUT2D eigenvalue weighted by Gasteiger charge is -1.97. The molecule has 0 bridgehead atoms. The largest absolute Gasteiger partial charge is 0.383 e. The molecule has 0 atom stereocenters. The fourth-order valence-electron chi connectivity index (χ4n) is 1.98. The van der Waals surface area contributed by atoms with Gasteiger partial charge in [0.2, 0.25) is 0 Å². The number of nitrogens with two attached hydrogens (primary N) is 1. The van der Waals surface area contributed by atoms with Crippen LogP contribution in [0.2, 0.25) is 0 Å². The van der Waals surface area contributed by atoms with E-state index in [1.54, 1.807) is 4.68 Å². The lowest BCUT2D eigenvalue weighted by atomic mass is 10.1. The van der Waals surface area contributed by atoms with Crippen molar-refractivity contribution >= 4 is 16.7 Å². The molecule has 1 aromatic heterocycles. The molecule has 0 unspecified atom stereocenters. The van der Waals surface area contributed by atoms with Crippen LogP contribution in [0.15, 0.2) is 18.2 Å². The first-order valence-electron chi connectivity index (χ1n) is 4.98. The van der Waals surface area contributed by atoms with Crippen molar-refractivity contribution in [3.05, 3.63) is 23.8 Å². The molecule has 0 spiro atoms. The van der Waals surface area contributed by atoms with Crippen molar-refractivity contribution in [1.82, 2.24) is 9.78 Å². The molecule has 1 saturated carbocycles. The van der Waals surface area contributed by atoms with Crippen LogP contribution in [0.1, 0.15) is 24.3 Å². The summed E-state index contributed by atoms with van der Waals surface area (Å²) in [4.78, 5) is 0. The summed E-state index contributed by atoms with van der Waals surface area (Å²) in [6, 6.07) is 6.30. The summed E-state index contributed by atoms with van der Waals surface area (Å²) in [5, 5.41) is 5.56. The number of benzene rings is 1. The van der Waals surface area contributed by atoms with Gasteiger partial charge in [-0.1, -0.05) is 12.1 Å². The summed E-state index contributed by atoms with van der Waals surface area (Å²) in [6.45, 7) is 0. The van der Waals surface area contributed by atoms with Gasteiger partial charge in [-0.2, -0.15) is 5.10 Å². The Kier molecular flexibility index (Phi) is 1.40. The minimum absolute atomic E-state index is 0.730. The van der Waals surface area contributed by atoms with Crippen molar-refractivity contribution < 1.29 is 0 Å². The monoisotopic (exact) mass is 187 g/mol. The Bertz CT molecular complexity index is 494. The maximum atomic E-state index is 5.93. The molecule has 2 N–H and O–H groups in total. The minimum Gasteiger partial charge on any atom is -0.383 e. The zero-order valence-corrected chi connectivity index (χ0v) is 8.20. The second-order valence-corrected chi connectivity index (χ2v) is 4.03. The third-order valence-electron chi connectivity index (χ3n) is 2.96. The summed E-state index contributed by atoms with van der Waals surface area (Å²) in [5.41, 5.74) is 8.39. The Morgan fingerprint density at radius 2 is 2.21 bits per heavy atom. The fraction of sp³-hybridized carbons (Fsp3) is 0.364. The van der Waals surface area contributed by atoms with Gasteiger partial charge in [-0.3, -0.25) is 4.68 Å². The molecular formula is C11H13N3. The van der Waals surface area contributed by atoms with Crippen LogP contribution in [0.5, 0.6) is 0 Å². The summed E-state index contributed by atoms with van der Waals surface area (Å²) in [6.07, 6.45) is 2.60.